The molecule has 0 aliphatic rings. The van der Waals surface area contributed by atoms with Crippen molar-refractivity contribution in [2.45, 2.75) is 12.0 Å². The molecule has 0 aromatic heterocycles. The Morgan fingerprint density at radius 1 is 1.21 bits per heavy atom. The van der Waals surface area contributed by atoms with Crippen molar-refractivity contribution in [3.63, 3.8) is 0 Å². The third-order valence-corrected chi connectivity index (χ3v) is 3.84. The van der Waals surface area contributed by atoms with E-state index in [1.54, 1.807) is 0 Å². The Morgan fingerprint density at radius 3 is 2.63 bits per heavy atom. The normalized spacial score (nSPS) is 11.6. The first-order valence-electron chi connectivity index (χ1n) is 5.70. The smallest absolute Gasteiger partial charge is 0.145 e. The van der Waals surface area contributed by atoms with Crippen LogP contribution in [-0.4, -0.2) is 0 Å². The average Bonchev–Trinajstić information content (AvgIpc) is 2.46. The Kier molecular flexibility index (Phi) is 5.06. The molecule has 0 aliphatic carbocycles. The summed E-state index contributed by atoms with van der Waals surface area (Å²) in [5, 5.41) is 8.19. The Labute approximate surface area is 131 Å². The number of nitriles is 1. The third kappa shape index (κ3) is 3.85. The summed E-state index contributed by atoms with van der Waals surface area (Å²) in [5.41, 5.74) is 1.86. The lowest BCUT2D eigenvalue weighted by Crippen LogP contribution is -1.98. The minimum atomic E-state index is -0.643. The summed E-state index contributed by atoms with van der Waals surface area (Å²) in [4.78, 5) is 0. The summed E-state index contributed by atoms with van der Waals surface area (Å²) in [5.74, 6) is 0.753. The SMILES string of the molecule is N#CC(Cl)c1ccc(I)c(OCc2ccccc2)c1. The van der Waals surface area contributed by atoms with Gasteiger partial charge in [-0.2, -0.15) is 5.26 Å². The minimum Gasteiger partial charge on any atom is -0.488 e. The van der Waals surface area contributed by atoms with Crippen LogP contribution < -0.4 is 4.74 Å². The molecule has 2 nitrogen and oxygen atoms in total. The van der Waals surface area contributed by atoms with Crippen molar-refractivity contribution < 1.29 is 4.74 Å². The second-order valence-corrected chi connectivity index (χ2v) is 5.55. The minimum absolute atomic E-state index is 0.500. The molecule has 2 aromatic rings. The van der Waals surface area contributed by atoms with Gasteiger partial charge in [-0.05, 0) is 45.9 Å². The third-order valence-electron chi connectivity index (χ3n) is 2.60. The first-order valence-corrected chi connectivity index (χ1v) is 7.22. The summed E-state index contributed by atoms with van der Waals surface area (Å²) in [6.45, 7) is 0.500. The number of hydrogen-bond acceptors (Lipinski definition) is 2. The number of ether oxygens (including phenoxy) is 1. The molecule has 0 saturated heterocycles. The zero-order valence-corrected chi connectivity index (χ0v) is 12.9. The van der Waals surface area contributed by atoms with Crippen LogP contribution in [0.2, 0.25) is 0 Å². The van der Waals surface area contributed by atoms with Crippen molar-refractivity contribution in [2.24, 2.45) is 0 Å². The van der Waals surface area contributed by atoms with Gasteiger partial charge in [0.1, 0.15) is 17.7 Å². The van der Waals surface area contributed by atoms with E-state index in [1.165, 1.54) is 0 Å². The maximum absolute atomic E-state index is 8.83. The number of benzene rings is 2. The first-order chi connectivity index (χ1) is 9.20. The molecule has 0 fully saturated rings. The van der Waals surface area contributed by atoms with Gasteiger partial charge in [0.15, 0.2) is 0 Å². The van der Waals surface area contributed by atoms with Gasteiger partial charge in [-0.15, -0.1) is 11.6 Å². The molecular weight excluding hydrogens is 373 g/mol. The van der Waals surface area contributed by atoms with E-state index in [4.69, 9.17) is 21.6 Å². The maximum Gasteiger partial charge on any atom is 0.145 e. The van der Waals surface area contributed by atoms with Gasteiger partial charge in [0.25, 0.3) is 0 Å². The molecule has 0 radical (unpaired) electrons. The van der Waals surface area contributed by atoms with Crippen LogP contribution >= 0.6 is 34.2 Å². The zero-order chi connectivity index (χ0) is 13.7. The van der Waals surface area contributed by atoms with Gasteiger partial charge in [0.2, 0.25) is 0 Å². The molecule has 1 unspecified atom stereocenters. The highest BCUT2D eigenvalue weighted by molar-refractivity contribution is 14.1. The van der Waals surface area contributed by atoms with Crippen LogP contribution in [-0.2, 0) is 6.61 Å². The molecule has 19 heavy (non-hydrogen) atoms. The van der Waals surface area contributed by atoms with E-state index in [2.05, 4.69) is 22.6 Å². The van der Waals surface area contributed by atoms with Crippen LogP contribution in [0.4, 0.5) is 0 Å². The zero-order valence-electron chi connectivity index (χ0n) is 10.0. The predicted molar refractivity (Wildman–Crippen MR) is 84.1 cm³/mol. The van der Waals surface area contributed by atoms with Gasteiger partial charge >= 0.3 is 0 Å². The molecule has 0 spiro atoms. The molecule has 0 heterocycles. The van der Waals surface area contributed by atoms with Gasteiger partial charge in [-0.25, -0.2) is 0 Å². The van der Waals surface area contributed by atoms with Crippen molar-refractivity contribution in [2.75, 3.05) is 0 Å². The lowest BCUT2D eigenvalue weighted by Gasteiger charge is -2.10. The molecule has 0 N–H and O–H groups in total. The topological polar surface area (TPSA) is 33.0 Å². The maximum atomic E-state index is 8.83. The summed E-state index contributed by atoms with van der Waals surface area (Å²) in [6, 6.07) is 17.5. The highest BCUT2D eigenvalue weighted by Crippen LogP contribution is 2.28. The molecule has 1 atom stereocenters. The monoisotopic (exact) mass is 383 g/mol. The summed E-state index contributed by atoms with van der Waals surface area (Å²) in [7, 11) is 0. The van der Waals surface area contributed by atoms with Crippen LogP contribution in [0, 0.1) is 14.9 Å². The highest BCUT2D eigenvalue weighted by atomic mass is 127. The standard InChI is InChI=1S/C15H11ClINO/c16-13(9-18)12-6-7-14(17)15(8-12)19-10-11-4-2-1-3-5-11/h1-8,13H,10H2. The predicted octanol–water partition coefficient (Wildman–Crippen LogP) is 4.67. The fourth-order valence-corrected chi connectivity index (χ4v) is 2.22. The first kappa shape index (κ1) is 14.2. The molecule has 0 bridgehead atoms. The quantitative estimate of drug-likeness (QED) is 0.567. The lowest BCUT2D eigenvalue weighted by atomic mass is 10.1. The summed E-state index contributed by atoms with van der Waals surface area (Å²) in [6.07, 6.45) is 0. The Hall–Kier alpha value is -1.25. The van der Waals surface area contributed by atoms with E-state index in [0.29, 0.717) is 6.61 Å². The van der Waals surface area contributed by atoms with Gasteiger partial charge < -0.3 is 4.74 Å². The Bertz CT molecular complexity index is 595. The molecular formula is C15H11ClINO. The number of hydrogen-bond donors (Lipinski definition) is 0. The second-order valence-electron chi connectivity index (χ2n) is 3.96. The average molecular weight is 384 g/mol. The van der Waals surface area contributed by atoms with Crippen LogP contribution in [0.15, 0.2) is 48.5 Å². The van der Waals surface area contributed by atoms with Crippen LogP contribution in [0.3, 0.4) is 0 Å². The van der Waals surface area contributed by atoms with E-state index in [9.17, 15) is 0 Å². The van der Waals surface area contributed by atoms with E-state index in [-0.39, 0.29) is 0 Å². The summed E-state index contributed by atoms with van der Waals surface area (Å²) < 4.78 is 6.78. The van der Waals surface area contributed by atoms with E-state index in [1.807, 2.05) is 54.6 Å². The van der Waals surface area contributed by atoms with Crippen LogP contribution in [0.1, 0.15) is 16.5 Å². The van der Waals surface area contributed by atoms with Crippen molar-refractivity contribution in [3.8, 4) is 11.8 Å². The van der Waals surface area contributed by atoms with Crippen molar-refractivity contribution in [3.05, 3.63) is 63.2 Å². The molecule has 0 amide bonds. The molecule has 96 valence electrons. The van der Waals surface area contributed by atoms with E-state index >= 15 is 0 Å². The summed E-state index contributed by atoms with van der Waals surface area (Å²) >= 11 is 8.12. The van der Waals surface area contributed by atoms with Crippen LogP contribution in [0.25, 0.3) is 0 Å². The fourth-order valence-electron chi connectivity index (χ4n) is 1.60. The Balaban J connectivity index is 2.14. The van der Waals surface area contributed by atoms with Crippen LogP contribution in [0.5, 0.6) is 5.75 Å². The second kappa shape index (κ2) is 6.78. The number of halogens is 2. The molecule has 0 aliphatic heterocycles. The molecule has 0 saturated carbocycles. The number of nitrogens with zero attached hydrogens (tertiary/aromatic N) is 1. The van der Waals surface area contributed by atoms with Crippen molar-refractivity contribution in [1.29, 1.82) is 5.26 Å². The van der Waals surface area contributed by atoms with E-state index in [0.717, 1.165) is 20.4 Å². The van der Waals surface area contributed by atoms with Gasteiger partial charge in [0.05, 0.1) is 9.64 Å². The van der Waals surface area contributed by atoms with Gasteiger partial charge in [-0.1, -0.05) is 36.4 Å². The van der Waals surface area contributed by atoms with Gasteiger partial charge in [0, 0.05) is 0 Å². The van der Waals surface area contributed by atoms with E-state index < -0.39 is 5.38 Å². The molecule has 2 aromatic carbocycles. The van der Waals surface area contributed by atoms with Crippen molar-refractivity contribution >= 4 is 34.2 Å². The highest BCUT2D eigenvalue weighted by Gasteiger charge is 2.10. The Morgan fingerprint density at radius 2 is 1.95 bits per heavy atom. The largest absolute Gasteiger partial charge is 0.488 e. The van der Waals surface area contributed by atoms with Gasteiger partial charge in [-0.3, -0.25) is 0 Å². The fraction of sp³-hybridized carbons (Fsp3) is 0.133. The lowest BCUT2D eigenvalue weighted by molar-refractivity contribution is 0.303. The number of rotatable bonds is 4. The number of alkyl halides is 1. The molecule has 2 rings (SSSR count). The van der Waals surface area contributed by atoms with Crippen molar-refractivity contribution in [1.82, 2.24) is 0 Å². The molecule has 4 heteroatoms.